The third-order valence-electron chi connectivity index (χ3n) is 7.42. The Kier molecular flexibility index (Phi) is 5.68. The lowest BCUT2D eigenvalue weighted by molar-refractivity contribution is -0.122. The molecule has 1 N–H and O–H groups in total. The van der Waals surface area contributed by atoms with E-state index in [-0.39, 0.29) is 24.4 Å². The van der Waals surface area contributed by atoms with Gasteiger partial charge in [0.05, 0.1) is 24.9 Å². The van der Waals surface area contributed by atoms with Crippen molar-refractivity contribution in [3.63, 3.8) is 0 Å². The Morgan fingerprint density at radius 1 is 1.11 bits per heavy atom. The average Bonchev–Trinajstić information content (AvgIpc) is 3.44. The van der Waals surface area contributed by atoms with Gasteiger partial charge in [-0.25, -0.2) is 0 Å². The molecule has 0 radical (unpaired) electrons. The van der Waals surface area contributed by atoms with E-state index >= 15 is 0 Å². The second kappa shape index (κ2) is 9.00. The highest BCUT2D eigenvalue weighted by atomic mass is 16.5. The molecule has 2 amide bonds. The van der Waals surface area contributed by atoms with E-state index < -0.39 is 0 Å². The van der Waals surface area contributed by atoms with E-state index in [9.17, 15) is 9.59 Å². The van der Waals surface area contributed by atoms with Gasteiger partial charge >= 0.3 is 0 Å². The molecule has 1 saturated heterocycles. The number of aryl methyl sites for hydroxylation is 3. The first-order valence-corrected chi connectivity index (χ1v) is 12.5. The molecule has 0 saturated carbocycles. The summed E-state index contributed by atoms with van der Waals surface area (Å²) < 4.78 is 13.2. The van der Waals surface area contributed by atoms with Crippen LogP contribution in [0.15, 0.2) is 34.9 Å². The van der Waals surface area contributed by atoms with Crippen molar-refractivity contribution in [3.8, 4) is 11.3 Å². The number of nitrogens with zero attached hydrogens (tertiary/aromatic N) is 3. The van der Waals surface area contributed by atoms with Crippen molar-refractivity contribution in [3.05, 3.63) is 64.2 Å². The number of aromatic nitrogens is 2. The topological polar surface area (TPSA) is 89.6 Å². The minimum absolute atomic E-state index is 0.0427. The maximum atomic E-state index is 13.1. The summed E-state index contributed by atoms with van der Waals surface area (Å²) in [6.45, 7) is 4.34. The van der Waals surface area contributed by atoms with E-state index in [1.807, 2.05) is 19.2 Å². The van der Waals surface area contributed by atoms with Crippen molar-refractivity contribution in [1.29, 1.82) is 0 Å². The smallest absolute Gasteiger partial charge is 0.290 e. The molecule has 3 aromatic rings. The zero-order valence-corrected chi connectivity index (χ0v) is 20.0. The summed E-state index contributed by atoms with van der Waals surface area (Å²) in [5.74, 6) is 1.07. The summed E-state index contributed by atoms with van der Waals surface area (Å²) in [5, 5.41) is 7.98. The monoisotopic (exact) mass is 474 g/mol. The second-order valence-electron chi connectivity index (χ2n) is 9.67. The molecule has 182 valence electrons. The first kappa shape index (κ1) is 22.1. The molecule has 3 aliphatic rings. The number of furan rings is 1. The summed E-state index contributed by atoms with van der Waals surface area (Å²) in [6, 6.07) is 8.41. The highest BCUT2D eigenvalue weighted by Crippen LogP contribution is 2.38. The van der Waals surface area contributed by atoms with E-state index in [0.29, 0.717) is 32.1 Å². The van der Waals surface area contributed by atoms with Gasteiger partial charge in [-0.05, 0) is 49.3 Å². The van der Waals surface area contributed by atoms with Gasteiger partial charge in [-0.15, -0.1) is 0 Å². The van der Waals surface area contributed by atoms with Gasteiger partial charge < -0.3 is 19.4 Å². The number of fused-ring (bicyclic) bond motifs is 4. The third-order valence-corrected chi connectivity index (χ3v) is 7.42. The van der Waals surface area contributed by atoms with Gasteiger partial charge in [0.25, 0.3) is 5.91 Å². The Morgan fingerprint density at radius 2 is 1.94 bits per heavy atom. The number of amides is 2. The van der Waals surface area contributed by atoms with Crippen LogP contribution in [-0.2, 0) is 35.3 Å². The van der Waals surface area contributed by atoms with Gasteiger partial charge in [-0.3, -0.25) is 14.3 Å². The fourth-order valence-electron chi connectivity index (χ4n) is 5.65. The van der Waals surface area contributed by atoms with Gasteiger partial charge in [0, 0.05) is 36.8 Å². The zero-order valence-electron chi connectivity index (χ0n) is 20.0. The molecule has 8 nitrogen and oxygen atoms in total. The Hall–Kier alpha value is -3.39. The fraction of sp³-hybridized carbons (Fsp3) is 0.444. The summed E-state index contributed by atoms with van der Waals surface area (Å²) in [5.41, 5.74) is 6.19. The minimum Gasteiger partial charge on any atom is -0.455 e. The van der Waals surface area contributed by atoms with E-state index in [1.54, 1.807) is 9.58 Å². The first-order chi connectivity index (χ1) is 17.1. The second-order valence-corrected chi connectivity index (χ2v) is 9.67. The van der Waals surface area contributed by atoms with Crippen LogP contribution in [0.4, 0.5) is 0 Å². The number of hydrogen-bond donors (Lipinski definition) is 1. The molecule has 0 bridgehead atoms. The number of rotatable bonds is 4. The van der Waals surface area contributed by atoms with Crippen LogP contribution in [0.2, 0.25) is 0 Å². The molecule has 1 unspecified atom stereocenters. The molecule has 1 aromatic carbocycles. The number of carbonyl (C=O) groups excluding carboxylic acids is 2. The van der Waals surface area contributed by atoms with Gasteiger partial charge in [0.15, 0.2) is 5.76 Å². The summed E-state index contributed by atoms with van der Waals surface area (Å²) in [4.78, 5) is 27.8. The standard InChI is InChI=1S/C27H30N4O4/c1-17-24-22(35-26(17)27(33)30-11-13-34-14-12-30)10-9-19-15-31(29-25(19)24)16-23(32)28-21-8-4-6-18-5-2-3-7-20(18)21/h2-3,5,7,15,21H,4,6,8-14,16H2,1H3,(H,28,32). The molecular weight excluding hydrogens is 444 g/mol. The number of morpholine rings is 1. The van der Waals surface area contributed by atoms with Gasteiger partial charge in [-0.2, -0.15) is 5.10 Å². The Bertz CT molecular complexity index is 1280. The number of hydrogen-bond acceptors (Lipinski definition) is 5. The van der Waals surface area contributed by atoms with Crippen LogP contribution in [0.3, 0.4) is 0 Å². The maximum absolute atomic E-state index is 13.1. The average molecular weight is 475 g/mol. The van der Waals surface area contributed by atoms with Gasteiger partial charge in [0.1, 0.15) is 12.3 Å². The van der Waals surface area contributed by atoms with E-state index in [4.69, 9.17) is 14.3 Å². The molecule has 2 aliphatic carbocycles. The van der Waals surface area contributed by atoms with Crippen molar-refractivity contribution in [2.45, 2.75) is 51.6 Å². The van der Waals surface area contributed by atoms with Crippen molar-refractivity contribution in [1.82, 2.24) is 20.0 Å². The third kappa shape index (κ3) is 4.05. The van der Waals surface area contributed by atoms with Crippen LogP contribution in [0.25, 0.3) is 11.3 Å². The Balaban J connectivity index is 1.20. The maximum Gasteiger partial charge on any atom is 0.290 e. The Labute approximate surface area is 204 Å². The van der Waals surface area contributed by atoms with Gasteiger partial charge in [-0.1, -0.05) is 24.3 Å². The van der Waals surface area contributed by atoms with Gasteiger partial charge in [0.2, 0.25) is 5.91 Å². The van der Waals surface area contributed by atoms with Crippen LogP contribution in [0.5, 0.6) is 0 Å². The lowest BCUT2D eigenvalue weighted by Crippen LogP contribution is -2.40. The first-order valence-electron chi connectivity index (χ1n) is 12.5. The molecular formula is C27H30N4O4. The van der Waals surface area contributed by atoms with Crippen molar-refractivity contribution in [2.24, 2.45) is 0 Å². The predicted octanol–water partition coefficient (Wildman–Crippen LogP) is 3.22. The highest BCUT2D eigenvalue weighted by molar-refractivity contribution is 5.95. The lowest BCUT2D eigenvalue weighted by Gasteiger charge is -2.26. The number of ether oxygens (including phenoxy) is 1. The molecule has 2 aromatic heterocycles. The Morgan fingerprint density at radius 3 is 2.80 bits per heavy atom. The van der Waals surface area contributed by atoms with Crippen LogP contribution in [0, 0.1) is 6.92 Å². The van der Waals surface area contributed by atoms with Crippen LogP contribution in [-0.4, -0.2) is 52.8 Å². The molecule has 3 heterocycles. The van der Waals surface area contributed by atoms with Crippen molar-refractivity contribution < 1.29 is 18.7 Å². The predicted molar refractivity (Wildman–Crippen MR) is 129 cm³/mol. The number of benzene rings is 1. The lowest BCUT2D eigenvalue weighted by atomic mass is 9.88. The largest absolute Gasteiger partial charge is 0.455 e. The fourth-order valence-corrected chi connectivity index (χ4v) is 5.65. The van der Waals surface area contributed by atoms with Crippen LogP contribution >= 0.6 is 0 Å². The number of nitrogens with one attached hydrogen (secondary N) is 1. The molecule has 1 atom stereocenters. The normalized spacial score (nSPS) is 19.0. The molecule has 8 heteroatoms. The minimum atomic E-state index is -0.0895. The van der Waals surface area contributed by atoms with Crippen LogP contribution in [0.1, 0.15) is 57.5 Å². The summed E-state index contributed by atoms with van der Waals surface area (Å²) in [7, 11) is 0. The van der Waals surface area contributed by atoms with Crippen LogP contribution < -0.4 is 5.32 Å². The molecule has 35 heavy (non-hydrogen) atoms. The molecule has 1 aliphatic heterocycles. The summed E-state index contributed by atoms with van der Waals surface area (Å²) >= 11 is 0. The van der Waals surface area contributed by atoms with E-state index in [0.717, 1.165) is 60.2 Å². The highest BCUT2D eigenvalue weighted by Gasteiger charge is 2.32. The van der Waals surface area contributed by atoms with E-state index in [2.05, 4.69) is 23.5 Å². The van der Waals surface area contributed by atoms with Crippen molar-refractivity contribution in [2.75, 3.05) is 26.3 Å². The SMILES string of the molecule is Cc1c(C(=O)N2CCOCC2)oc2c1-c1nn(CC(=O)NC3CCCc4ccccc43)cc1CC2. The summed E-state index contributed by atoms with van der Waals surface area (Å²) in [6.07, 6.45) is 6.55. The molecule has 0 spiro atoms. The van der Waals surface area contributed by atoms with Crippen molar-refractivity contribution >= 4 is 11.8 Å². The zero-order chi connectivity index (χ0) is 23.9. The van der Waals surface area contributed by atoms with E-state index in [1.165, 1.54) is 11.1 Å². The molecule has 6 rings (SSSR count). The quantitative estimate of drug-likeness (QED) is 0.627. The number of carbonyl (C=O) groups is 2. The molecule has 1 fully saturated rings.